The first kappa shape index (κ1) is 58.7. The van der Waals surface area contributed by atoms with Crippen molar-refractivity contribution in [1.82, 2.24) is 0 Å². The number of ether oxygens (including phenoxy) is 2. The number of esters is 2. The Morgan fingerprint density at radius 1 is 0.433 bits per heavy atom. The van der Waals surface area contributed by atoms with E-state index in [1.807, 2.05) is 0 Å². The van der Waals surface area contributed by atoms with E-state index in [2.05, 4.69) is 26.0 Å². The van der Waals surface area contributed by atoms with Crippen LogP contribution in [0.1, 0.15) is 251 Å². The van der Waals surface area contributed by atoms with E-state index in [4.69, 9.17) is 18.5 Å². The van der Waals surface area contributed by atoms with Gasteiger partial charge in [-0.15, -0.1) is 0 Å². The molecule has 0 aromatic heterocycles. The van der Waals surface area contributed by atoms with E-state index < -0.39 is 58.4 Å². The van der Waals surface area contributed by atoms with E-state index in [0.29, 0.717) is 12.8 Å². The van der Waals surface area contributed by atoms with Crippen molar-refractivity contribution < 1.29 is 47.8 Å². The third-order valence-electron chi connectivity index (χ3n) is 11.2. The van der Waals surface area contributed by atoms with Gasteiger partial charge in [0.05, 0.1) is 26.4 Å². The molecule has 0 amide bonds. The molecule has 0 radical (unpaired) electrons. The van der Waals surface area contributed by atoms with Crippen LogP contribution in [0.2, 0.25) is 0 Å². The highest BCUT2D eigenvalue weighted by molar-refractivity contribution is 7.47. The number of carbonyl (C=O) groups is 2. The van der Waals surface area contributed by atoms with Gasteiger partial charge >= 0.3 is 19.8 Å². The lowest BCUT2D eigenvalue weighted by atomic mass is 10.0. The molecule has 60 heavy (non-hydrogen) atoms. The Labute approximate surface area is 368 Å². The molecule has 3 atom stereocenters. The Morgan fingerprint density at radius 2 is 0.683 bits per heavy atom. The fourth-order valence-corrected chi connectivity index (χ4v) is 8.13. The predicted octanol–water partition coefficient (Wildman–Crippen LogP) is 14.0. The summed E-state index contributed by atoms with van der Waals surface area (Å²) in [7, 11) is -4.64. The van der Waals surface area contributed by atoms with Crippen LogP contribution < -0.4 is 0 Å². The molecule has 0 saturated carbocycles. The van der Waals surface area contributed by atoms with Crippen LogP contribution in [0.3, 0.4) is 0 Å². The largest absolute Gasteiger partial charge is 0.472 e. The van der Waals surface area contributed by atoms with E-state index in [1.54, 1.807) is 0 Å². The zero-order chi connectivity index (χ0) is 44.0. The van der Waals surface area contributed by atoms with E-state index in [1.165, 1.54) is 167 Å². The first-order valence-electron chi connectivity index (χ1n) is 25.1. The van der Waals surface area contributed by atoms with E-state index >= 15 is 0 Å². The Balaban J connectivity index is 3.82. The van der Waals surface area contributed by atoms with Gasteiger partial charge in [0, 0.05) is 12.8 Å². The molecule has 0 bridgehead atoms. The molecule has 0 saturated heterocycles. The number of carbonyl (C=O) groups excluding carboxylic acids is 2. The highest BCUT2D eigenvalue weighted by atomic mass is 31.2. The van der Waals surface area contributed by atoms with Gasteiger partial charge in [-0.3, -0.25) is 18.6 Å². The zero-order valence-corrected chi connectivity index (χ0v) is 39.8. The first-order chi connectivity index (χ1) is 29.3. The molecule has 0 fully saturated rings. The van der Waals surface area contributed by atoms with Crippen molar-refractivity contribution in [1.29, 1.82) is 0 Å². The fourth-order valence-electron chi connectivity index (χ4n) is 7.35. The summed E-state index contributed by atoms with van der Waals surface area (Å²) in [6, 6.07) is 0. The monoisotopic (exact) mass is 875 g/mol. The molecule has 3 unspecified atom stereocenters. The van der Waals surface area contributed by atoms with Crippen LogP contribution in [0.4, 0.5) is 0 Å². The van der Waals surface area contributed by atoms with Gasteiger partial charge in [-0.2, -0.15) is 0 Å². The summed E-state index contributed by atoms with van der Waals surface area (Å²) in [5.41, 5.74) is 0. The predicted molar refractivity (Wildman–Crippen MR) is 247 cm³/mol. The Kier molecular flexibility index (Phi) is 44.7. The number of rotatable bonds is 48. The summed E-state index contributed by atoms with van der Waals surface area (Å²) >= 11 is 0. The molecule has 0 aromatic rings. The van der Waals surface area contributed by atoms with Gasteiger partial charge in [-0.1, -0.05) is 212 Å². The maximum absolute atomic E-state index is 12.4. The smallest absolute Gasteiger partial charge is 0.457 e. The molecule has 356 valence electrons. The van der Waals surface area contributed by atoms with Crippen molar-refractivity contribution in [3.63, 3.8) is 0 Å². The van der Waals surface area contributed by atoms with Gasteiger partial charge in [0.1, 0.15) is 12.2 Å². The number of hydrogen-bond donors (Lipinski definition) is 3. The van der Waals surface area contributed by atoms with Crippen LogP contribution >= 0.6 is 7.82 Å². The molecular weight excluding hydrogens is 780 g/mol. The summed E-state index contributed by atoms with van der Waals surface area (Å²) in [6.45, 7) is 2.25. The fraction of sp³-hybridized carbons (Fsp3) is 0.918. The quantitative estimate of drug-likeness (QED) is 0.0233. The molecule has 0 aliphatic rings. The molecule has 0 heterocycles. The Morgan fingerprint density at radius 3 is 0.950 bits per heavy atom. The number of aliphatic hydroxyl groups excluding tert-OH is 2. The second-order valence-electron chi connectivity index (χ2n) is 17.2. The summed E-state index contributed by atoms with van der Waals surface area (Å²) in [6.07, 6.45) is 46.1. The van der Waals surface area contributed by atoms with Gasteiger partial charge < -0.3 is 24.6 Å². The third-order valence-corrected chi connectivity index (χ3v) is 12.2. The standard InChI is InChI=1S/C49H95O10P/c1-3-5-7-9-11-13-15-17-19-21-22-23-25-27-29-31-33-35-37-39-41-49(53)59-47(43-51)45-57-60(54,55)56-44-46(42-50)58-48(52)40-38-36-34-32-30-28-26-24-20-18-16-14-12-10-8-6-4-2/h18,20,46-47,50-51H,3-17,19,21-45H2,1-2H3,(H,54,55)/b20-18-. The van der Waals surface area contributed by atoms with Gasteiger partial charge in [0.2, 0.25) is 0 Å². The molecule has 0 rings (SSSR count). The van der Waals surface area contributed by atoms with Gasteiger partial charge in [-0.05, 0) is 38.5 Å². The minimum atomic E-state index is -4.64. The second-order valence-corrected chi connectivity index (χ2v) is 18.6. The van der Waals surface area contributed by atoms with Crippen LogP contribution in [-0.2, 0) is 32.7 Å². The minimum Gasteiger partial charge on any atom is -0.457 e. The Bertz CT molecular complexity index is 1010. The highest BCUT2D eigenvalue weighted by Crippen LogP contribution is 2.43. The van der Waals surface area contributed by atoms with Gasteiger partial charge in [-0.25, -0.2) is 4.57 Å². The zero-order valence-electron chi connectivity index (χ0n) is 38.9. The van der Waals surface area contributed by atoms with Crippen molar-refractivity contribution in [3.05, 3.63) is 12.2 Å². The molecule has 0 aliphatic heterocycles. The average molecular weight is 875 g/mol. The van der Waals surface area contributed by atoms with Crippen LogP contribution in [0.15, 0.2) is 12.2 Å². The van der Waals surface area contributed by atoms with Crippen molar-refractivity contribution in [3.8, 4) is 0 Å². The number of unbranched alkanes of at least 4 members (excludes halogenated alkanes) is 32. The van der Waals surface area contributed by atoms with Crippen LogP contribution in [0.5, 0.6) is 0 Å². The SMILES string of the molecule is CCCCCCCC/C=C\CCCCCCCCCC(=O)OC(CO)COP(=O)(O)OCC(CO)OC(=O)CCCCCCCCCCCCCCCCCCCCCC. The van der Waals surface area contributed by atoms with Crippen LogP contribution in [0.25, 0.3) is 0 Å². The van der Waals surface area contributed by atoms with Crippen molar-refractivity contribution in [2.75, 3.05) is 26.4 Å². The number of allylic oxidation sites excluding steroid dienone is 2. The lowest BCUT2D eigenvalue weighted by molar-refractivity contribution is -0.153. The van der Waals surface area contributed by atoms with Crippen LogP contribution in [-0.4, -0.2) is 65.7 Å². The van der Waals surface area contributed by atoms with Gasteiger partial charge in [0.15, 0.2) is 0 Å². The molecule has 0 aromatic carbocycles. The van der Waals surface area contributed by atoms with Gasteiger partial charge in [0.25, 0.3) is 0 Å². The molecule has 10 nitrogen and oxygen atoms in total. The topological polar surface area (TPSA) is 149 Å². The second kappa shape index (κ2) is 45.7. The van der Waals surface area contributed by atoms with E-state index in [0.717, 1.165) is 44.9 Å². The summed E-state index contributed by atoms with van der Waals surface area (Å²) < 4.78 is 32.7. The number of phosphoric acid groups is 1. The molecule has 3 N–H and O–H groups in total. The summed E-state index contributed by atoms with van der Waals surface area (Å²) in [4.78, 5) is 34.6. The molecular formula is C49H95O10P. The van der Waals surface area contributed by atoms with Crippen molar-refractivity contribution >= 4 is 19.8 Å². The lowest BCUT2D eigenvalue weighted by Gasteiger charge is -2.20. The van der Waals surface area contributed by atoms with Crippen molar-refractivity contribution in [2.45, 2.75) is 264 Å². The molecule has 0 spiro atoms. The average Bonchev–Trinajstić information content (AvgIpc) is 3.24. The number of aliphatic hydroxyl groups is 2. The Hall–Kier alpha value is -1.29. The summed E-state index contributed by atoms with van der Waals surface area (Å²) in [5, 5.41) is 19.2. The molecule has 0 aliphatic carbocycles. The molecule has 11 heteroatoms. The maximum atomic E-state index is 12.4. The number of phosphoric ester groups is 1. The normalized spacial score (nSPS) is 13.8. The van der Waals surface area contributed by atoms with Crippen LogP contribution in [0, 0.1) is 0 Å². The van der Waals surface area contributed by atoms with E-state index in [-0.39, 0.29) is 12.8 Å². The first-order valence-corrected chi connectivity index (χ1v) is 26.6. The number of hydrogen-bond acceptors (Lipinski definition) is 9. The van der Waals surface area contributed by atoms with Crippen molar-refractivity contribution in [2.24, 2.45) is 0 Å². The maximum Gasteiger partial charge on any atom is 0.472 e. The highest BCUT2D eigenvalue weighted by Gasteiger charge is 2.27. The summed E-state index contributed by atoms with van der Waals surface area (Å²) in [5.74, 6) is -1.01. The lowest BCUT2D eigenvalue weighted by Crippen LogP contribution is -2.28. The van der Waals surface area contributed by atoms with E-state index in [9.17, 15) is 29.3 Å². The third kappa shape index (κ3) is 43.4. The minimum absolute atomic E-state index is 0.191.